The molecule has 2 aromatic heterocycles. The molecule has 130 valence electrons. The number of hydrogen-bond donors (Lipinski definition) is 3. The zero-order valence-electron chi connectivity index (χ0n) is 13.6. The number of nitrogens with zero attached hydrogens (tertiary/aromatic N) is 1. The Morgan fingerprint density at radius 2 is 2.08 bits per heavy atom. The third-order valence-corrected chi connectivity index (χ3v) is 6.46. The number of anilines is 2. The normalized spacial score (nSPS) is 15.2. The first-order valence-electron chi connectivity index (χ1n) is 8.34. The molecule has 4 rings (SSSR count). The van der Waals surface area contributed by atoms with E-state index in [1.54, 1.807) is 11.3 Å². The summed E-state index contributed by atoms with van der Waals surface area (Å²) in [6.45, 7) is 0.681. The third kappa shape index (κ3) is 3.84. The van der Waals surface area contributed by atoms with E-state index < -0.39 is 0 Å². The van der Waals surface area contributed by atoms with Crippen LogP contribution in [-0.4, -0.2) is 29.1 Å². The maximum atomic E-state index is 12.3. The second kappa shape index (κ2) is 7.11. The number of aliphatic hydroxyl groups excluding tert-OH is 1. The van der Waals surface area contributed by atoms with Crippen molar-refractivity contribution in [2.75, 3.05) is 18.5 Å². The maximum absolute atomic E-state index is 12.3. The second-order valence-electron chi connectivity index (χ2n) is 6.28. The van der Waals surface area contributed by atoms with Crippen LogP contribution in [0.4, 0.5) is 10.8 Å². The lowest BCUT2D eigenvalue weighted by Crippen LogP contribution is -2.31. The van der Waals surface area contributed by atoms with Gasteiger partial charge in [0.1, 0.15) is 4.83 Å². The number of aromatic nitrogens is 1. The van der Waals surface area contributed by atoms with E-state index in [9.17, 15) is 9.90 Å². The highest BCUT2D eigenvalue weighted by molar-refractivity contribution is 7.29. The summed E-state index contributed by atoms with van der Waals surface area (Å²) in [6.07, 6.45) is 2.33. The molecule has 2 heterocycles. The van der Waals surface area contributed by atoms with Gasteiger partial charge in [0.05, 0.1) is 9.58 Å². The topological polar surface area (TPSA) is 74.2 Å². The Morgan fingerprint density at radius 1 is 1.28 bits per heavy atom. The van der Waals surface area contributed by atoms with Gasteiger partial charge in [0, 0.05) is 24.8 Å². The standard InChI is InChI=1S/C18H19N3O2S2/c22-10-12(11-6-7-11)9-19-16(23)14-8-15-17(24-14)21-18(25-15)20-13-4-2-1-3-5-13/h1-5,8,11-12,22H,6-7,9-10H2,(H,19,23)(H,20,21). The average molecular weight is 374 g/mol. The summed E-state index contributed by atoms with van der Waals surface area (Å²) in [5.41, 5.74) is 0.997. The summed E-state index contributed by atoms with van der Waals surface area (Å²) in [5, 5.41) is 16.4. The molecule has 3 N–H and O–H groups in total. The minimum absolute atomic E-state index is 0.0770. The van der Waals surface area contributed by atoms with Gasteiger partial charge in [-0.3, -0.25) is 4.79 Å². The van der Waals surface area contributed by atoms with Crippen LogP contribution in [0, 0.1) is 11.8 Å². The molecule has 1 unspecified atom stereocenters. The van der Waals surface area contributed by atoms with E-state index in [-0.39, 0.29) is 18.4 Å². The predicted molar refractivity (Wildman–Crippen MR) is 103 cm³/mol. The van der Waals surface area contributed by atoms with E-state index >= 15 is 0 Å². The molecule has 5 nitrogen and oxygen atoms in total. The number of amides is 1. The number of rotatable bonds is 7. The van der Waals surface area contributed by atoms with Gasteiger partial charge >= 0.3 is 0 Å². The van der Waals surface area contributed by atoms with Crippen molar-refractivity contribution in [3.63, 3.8) is 0 Å². The number of hydrogen-bond acceptors (Lipinski definition) is 6. The third-order valence-electron chi connectivity index (χ3n) is 4.39. The number of thiazole rings is 1. The van der Waals surface area contributed by atoms with E-state index in [0.29, 0.717) is 17.3 Å². The number of fused-ring (bicyclic) bond motifs is 1. The van der Waals surface area contributed by atoms with Crippen LogP contribution in [0.25, 0.3) is 9.53 Å². The minimum Gasteiger partial charge on any atom is -0.396 e. The molecule has 3 aromatic rings. The van der Waals surface area contributed by atoms with Crippen LogP contribution >= 0.6 is 22.7 Å². The Morgan fingerprint density at radius 3 is 2.76 bits per heavy atom. The van der Waals surface area contributed by atoms with Crippen molar-refractivity contribution in [1.29, 1.82) is 0 Å². The van der Waals surface area contributed by atoms with Gasteiger partial charge in [0.2, 0.25) is 0 Å². The van der Waals surface area contributed by atoms with E-state index in [0.717, 1.165) is 33.2 Å². The SMILES string of the molecule is O=C(NCC(CO)C1CC1)c1cc2sc(Nc3ccccc3)nc2s1. The molecule has 1 aliphatic carbocycles. The molecule has 0 radical (unpaired) electrons. The van der Waals surface area contributed by atoms with Crippen LogP contribution in [0.15, 0.2) is 36.4 Å². The zero-order valence-corrected chi connectivity index (χ0v) is 15.2. The summed E-state index contributed by atoms with van der Waals surface area (Å²) in [4.78, 5) is 18.4. The van der Waals surface area contributed by atoms with Crippen molar-refractivity contribution in [3.05, 3.63) is 41.3 Å². The Labute approximate surface area is 153 Å². The van der Waals surface area contributed by atoms with Gasteiger partial charge < -0.3 is 15.7 Å². The van der Waals surface area contributed by atoms with Gasteiger partial charge in [-0.25, -0.2) is 4.98 Å². The molecule has 7 heteroatoms. The molecule has 0 saturated heterocycles. The van der Waals surface area contributed by atoms with Crippen molar-refractivity contribution in [2.45, 2.75) is 12.8 Å². The predicted octanol–water partition coefficient (Wildman–Crippen LogP) is 3.85. The van der Waals surface area contributed by atoms with Gasteiger partial charge in [-0.15, -0.1) is 11.3 Å². The van der Waals surface area contributed by atoms with Crippen molar-refractivity contribution >= 4 is 48.9 Å². The van der Waals surface area contributed by atoms with Crippen LogP contribution in [0.2, 0.25) is 0 Å². The van der Waals surface area contributed by atoms with Crippen molar-refractivity contribution in [1.82, 2.24) is 10.3 Å². The number of aliphatic hydroxyl groups is 1. The maximum Gasteiger partial charge on any atom is 0.261 e. The molecule has 1 aliphatic rings. The van der Waals surface area contributed by atoms with Crippen LogP contribution < -0.4 is 10.6 Å². The molecule has 0 bridgehead atoms. The largest absolute Gasteiger partial charge is 0.396 e. The van der Waals surface area contributed by atoms with Crippen LogP contribution in [-0.2, 0) is 0 Å². The number of nitrogens with one attached hydrogen (secondary N) is 2. The number of carbonyl (C=O) groups excluding carboxylic acids is 1. The van der Waals surface area contributed by atoms with E-state index in [1.165, 1.54) is 11.3 Å². The van der Waals surface area contributed by atoms with Crippen molar-refractivity contribution in [2.24, 2.45) is 11.8 Å². The lowest BCUT2D eigenvalue weighted by Gasteiger charge is -2.13. The molecule has 0 aliphatic heterocycles. The Hall–Kier alpha value is -1.96. The summed E-state index contributed by atoms with van der Waals surface area (Å²) in [7, 11) is 0. The monoisotopic (exact) mass is 373 g/mol. The summed E-state index contributed by atoms with van der Waals surface area (Å²) < 4.78 is 1.01. The Balaban J connectivity index is 1.41. The molecule has 25 heavy (non-hydrogen) atoms. The van der Waals surface area contributed by atoms with Crippen LogP contribution in [0.3, 0.4) is 0 Å². The number of benzene rings is 1. The zero-order chi connectivity index (χ0) is 17.2. The van der Waals surface area contributed by atoms with Gasteiger partial charge in [0.15, 0.2) is 5.13 Å². The van der Waals surface area contributed by atoms with Crippen molar-refractivity contribution in [3.8, 4) is 0 Å². The molecular weight excluding hydrogens is 354 g/mol. The number of carbonyl (C=O) groups is 1. The summed E-state index contributed by atoms with van der Waals surface area (Å²) >= 11 is 2.95. The van der Waals surface area contributed by atoms with Gasteiger partial charge in [-0.2, -0.15) is 0 Å². The molecule has 1 aromatic carbocycles. The summed E-state index contributed by atoms with van der Waals surface area (Å²) in [5.74, 6) is 0.683. The fraction of sp³-hybridized carbons (Fsp3) is 0.333. The summed E-state index contributed by atoms with van der Waals surface area (Å²) in [6, 6.07) is 11.8. The van der Waals surface area contributed by atoms with E-state index in [2.05, 4.69) is 15.6 Å². The van der Waals surface area contributed by atoms with Gasteiger partial charge in [-0.1, -0.05) is 29.5 Å². The fourth-order valence-electron chi connectivity index (χ4n) is 2.80. The second-order valence-corrected chi connectivity index (χ2v) is 8.34. The first-order chi connectivity index (χ1) is 12.2. The molecule has 0 spiro atoms. The van der Waals surface area contributed by atoms with Gasteiger partial charge in [-0.05, 0) is 37.0 Å². The lowest BCUT2D eigenvalue weighted by atomic mass is 10.1. The highest BCUT2D eigenvalue weighted by atomic mass is 32.1. The molecule has 1 saturated carbocycles. The van der Waals surface area contributed by atoms with Crippen LogP contribution in [0.1, 0.15) is 22.5 Å². The Bertz CT molecular complexity index is 839. The van der Waals surface area contributed by atoms with E-state index in [1.807, 2.05) is 36.4 Å². The highest BCUT2D eigenvalue weighted by Crippen LogP contribution is 2.37. The molecule has 1 amide bonds. The highest BCUT2D eigenvalue weighted by Gasteiger charge is 2.30. The number of para-hydroxylation sites is 1. The van der Waals surface area contributed by atoms with Crippen molar-refractivity contribution < 1.29 is 9.90 Å². The fourth-order valence-corrected chi connectivity index (χ4v) is 4.86. The smallest absolute Gasteiger partial charge is 0.261 e. The molecular formula is C18H19N3O2S2. The Kier molecular flexibility index (Phi) is 4.70. The molecule has 1 fully saturated rings. The van der Waals surface area contributed by atoms with E-state index in [4.69, 9.17) is 0 Å². The first-order valence-corrected chi connectivity index (χ1v) is 9.97. The van der Waals surface area contributed by atoms with Crippen LogP contribution in [0.5, 0.6) is 0 Å². The van der Waals surface area contributed by atoms with Gasteiger partial charge in [0.25, 0.3) is 5.91 Å². The average Bonchev–Trinajstić information content (AvgIpc) is 3.27. The first kappa shape index (κ1) is 16.5. The quantitative estimate of drug-likeness (QED) is 0.588. The number of thiophene rings is 1. The minimum atomic E-state index is -0.0770. The molecule has 1 atom stereocenters. The lowest BCUT2D eigenvalue weighted by molar-refractivity contribution is 0.0940.